The van der Waals surface area contributed by atoms with E-state index >= 15 is 0 Å². The lowest BCUT2D eigenvalue weighted by atomic mass is 9.90. The summed E-state index contributed by atoms with van der Waals surface area (Å²) in [6, 6.07) is 12.7. The molecule has 2 aromatic rings. The Morgan fingerprint density at radius 1 is 1.06 bits per heavy atom. The van der Waals surface area contributed by atoms with Gasteiger partial charge in [-0.05, 0) is 73.6 Å². The lowest BCUT2D eigenvalue weighted by molar-refractivity contribution is 0.219. The number of allylic oxidation sites excluding steroid dienone is 1. The predicted octanol–water partition coefficient (Wildman–Crippen LogP) is 6.08. The van der Waals surface area contributed by atoms with Crippen molar-refractivity contribution in [3.8, 4) is 0 Å². The maximum Gasteiger partial charge on any atom is 0.141 e. The van der Waals surface area contributed by atoms with Crippen LogP contribution in [0, 0.1) is 5.82 Å². The Hall–Kier alpha value is -2.54. The van der Waals surface area contributed by atoms with Gasteiger partial charge in [-0.2, -0.15) is 0 Å². The number of nitrogens with zero attached hydrogens (tertiary/aromatic N) is 2. The fourth-order valence-electron chi connectivity index (χ4n) is 6.15. The van der Waals surface area contributed by atoms with Crippen LogP contribution in [0.5, 0.6) is 0 Å². The Morgan fingerprint density at radius 2 is 1.91 bits per heavy atom. The minimum absolute atomic E-state index is 0.0818. The third-order valence-corrected chi connectivity index (χ3v) is 8.33. The van der Waals surface area contributed by atoms with Gasteiger partial charge in [-0.1, -0.05) is 42.7 Å². The summed E-state index contributed by atoms with van der Waals surface area (Å²) in [5, 5.41) is 5.97. The molecular formula is C28H33ClFN5. The molecule has 7 heteroatoms. The zero-order chi connectivity index (χ0) is 23.9. The Balaban J connectivity index is 1.33. The van der Waals surface area contributed by atoms with E-state index in [1.807, 2.05) is 0 Å². The molecule has 0 amide bonds. The Kier molecular flexibility index (Phi) is 6.21. The summed E-state index contributed by atoms with van der Waals surface area (Å²) in [5.74, 6) is -0.395. The second-order valence-electron chi connectivity index (χ2n) is 10.2. The maximum atomic E-state index is 13.8. The van der Waals surface area contributed by atoms with Crippen LogP contribution in [0.4, 0.5) is 10.1 Å². The summed E-state index contributed by atoms with van der Waals surface area (Å²) < 4.78 is 13.8. The molecule has 0 saturated heterocycles. The zero-order valence-electron chi connectivity index (χ0n) is 20.2. The van der Waals surface area contributed by atoms with Gasteiger partial charge in [-0.15, -0.1) is 5.53 Å². The summed E-state index contributed by atoms with van der Waals surface area (Å²) >= 11 is 6.09. The van der Waals surface area contributed by atoms with E-state index in [9.17, 15) is 4.39 Å². The van der Waals surface area contributed by atoms with Gasteiger partial charge in [0.2, 0.25) is 0 Å². The first-order valence-corrected chi connectivity index (χ1v) is 13.2. The van der Waals surface area contributed by atoms with E-state index in [2.05, 4.69) is 57.4 Å². The summed E-state index contributed by atoms with van der Waals surface area (Å²) in [6.45, 7) is 5.15. The molecule has 1 unspecified atom stereocenters. The molecule has 0 spiro atoms. The summed E-state index contributed by atoms with van der Waals surface area (Å²) in [6.07, 6.45) is 9.91. The van der Waals surface area contributed by atoms with Crippen LogP contribution in [-0.4, -0.2) is 35.6 Å². The average Bonchev–Trinajstić information content (AvgIpc) is 3.51. The van der Waals surface area contributed by atoms with E-state index in [0.717, 1.165) is 49.9 Å². The molecule has 35 heavy (non-hydrogen) atoms. The van der Waals surface area contributed by atoms with Gasteiger partial charge in [0, 0.05) is 36.9 Å². The summed E-state index contributed by atoms with van der Waals surface area (Å²) in [5.41, 5.74) is 15.0. The van der Waals surface area contributed by atoms with E-state index in [-0.39, 0.29) is 11.1 Å². The molecule has 1 atom stereocenters. The van der Waals surface area contributed by atoms with Crippen molar-refractivity contribution in [2.45, 2.75) is 57.5 Å². The smallest absolute Gasteiger partial charge is 0.141 e. The number of hydrazine groups is 2. The van der Waals surface area contributed by atoms with Crippen molar-refractivity contribution in [3.63, 3.8) is 0 Å². The molecule has 0 bridgehead atoms. The fourth-order valence-corrected chi connectivity index (χ4v) is 6.33. The molecular weight excluding hydrogens is 461 g/mol. The van der Waals surface area contributed by atoms with Gasteiger partial charge in [-0.3, -0.25) is 9.91 Å². The lowest BCUT2D eigenvalue weighted by Gasteiger charge is -2.32. The van der Waals surface area contributed by atoms with Gasteiger partial charge in [-0.25, -0.2) is 4.39 Å². The Labute approximate surface area is 212 Å². The molecule has 1 fully saturated rings. The normalized spacial score (nSPS) is 23.0. The standard InChI is InChI=1S/C28H33ClFN5/c1-18-28-23-8-6-20(19-10-13-34(14-11-19)22-4-2-3-5-22)16-24(23)27(12-15-35(28)33-32-18)31-21-7-9-26(30)25(29)17-21/h6-10,16-17,22,27,31-33H,2-5,11-15H2,1H3. The average molecular weight is 494 g/mol. The number of hydrogen-bond acceptors (Lipinski definition) is 5. The molecule has 2 aromatic carbocycles. The number of anilines is 1. The van der Waals surface area contributed by atoms with Gasteiger partial charge in [0.1, 0.15) is 5.82 Å². The topological polar surface area (TPSA) is 42.6 Å². The molecule has 3 N–H and O–H groups in total. The summed E-state index contributed by atoms with van der Waals surface area (Å²) in [7, 11) is 0. The van der Waals surface area contributed by atoms with Crippen molar-refractivity contribution in [3.05, 3.63) is 75.7 Å². The highest BCUT2D eigenvalue weighted by molar-refractivity contribution is 6.31. The number of nitrogens with one attached hydrogen (secondary N) is 3. The van der Waals surface area contributed by atoms with Crippen LogP contribution < -0.4 is 16.3 Å². The number of halogens is 2. The second-order valence-corrected chi connectivity index (χ2v) is 10.6. The molecule has 6 rings (SSSR count). The Morgan fingerprint density at radius 3 is 2.69 bits per heavy atom. The van der Waals surface area contributed by atoms with E-state index in [1.54, 1.807) is 12.1 Å². The van der Waals surface area contributed by atoms with Crippen LogP contribution in [0.25, 0.3) is 11.3 Å². The Bertz CT molecular complexity index is 1190. The molecule has 4 aliphatic rings. The van der Waals surface area contributed by atoms with E-state index in [1.165, 1.54) is 59.7 Å². The molecule has 1 aliphatic carbocycles. The van der Waals surface area contributed by atoms with Gasteiger partial charge < -0.3 is 10.7 Å². The van der Waals surface area contributed by atoms with Crippen molar-refractivity contribution >= 4 is 28.6 Å². The number of benzene rings is 2. The van der Waals surface area contributed by atoms with Crippen LogP contribution in [0.2, 0.25) is 5.02 Å². The first-order valence-electron chi connectivity index (χ1n) is 12.9. The molecule has 184 valence electrons. The van der Waals surface area contributed by atoms with E-state index in [4.69, 9.17) is 11.6 Å². The van der Waals surface area contributed by atoms with E-state index in [0.29, 0.717) is 0 Å². The van der Waals surface area contributed by atoms with Crippen molar-refractivity contribution in [1.29, 1.82) is 0 Å². The molecule has 3 aliphatic heterocycles. The number of hydrogen-bond donors (Lipinski definition) is 3. The number of fused-ring (bicyclic) bond motifs is 3. The van der Waals surface area contributed by atoms with Crippen LogP contribution in [0.3, 0.4) is 0 Å². The predicted molar refractivity (Wildman–Crippen MR) is 141 cm³/mol. The van der Waals surface area contributed by atoms with Gasteiger partial charge in [0.25, 0.3) is 0 Å². The SMILES string of the molecule is CC1=C2c3ccc(C4=CCN(C5CCCC5)CC4)cc3C(Nc3ccc(F)c(Cl)c3)CCN2NN1. The minimum atomic E-state index is -0.395. The highest BCUT2D eigenvalue weighted by Crippen LogP contribution is 2.39. The quantitative estimate of drug-likeness (QED) is 0.481. The molecule has 3 heterocycles. The maximum absolute atomic E-state index is 13.8. The van der Waals surface area contributed by atoms with Crippen molar-refractivity contribution in [1.82, 2.24) is 20.9 Å². The number of rotatable bonds is 4. The monoisotopic (exact) mass is 493 g/mol. The first-order chi connectivity index (χ1) is 17.1. The third-order valence-electron chi connectivity index (χ3n) is 8.04. The minimum Gasteiger partial charge on any atom is -0.378 e. The highest BCUT2D eigenvalue weighted by Gasteiger charge is 2.31. The highest BCUT2D eigenvalue weighted by atomic mass is 35.5. The first kappa shape index (κ1) is 22.9. The van der Waals surface area contributed by atoms with Crippen LogP contribution in [0.15, 0.2) is 48.2 Å². The van der Waals surface area contributed by atoms with Gasteiger partial charge in [0.15, 0.2) is 0 Å². The van der Waals surface area contributed by atoms with Crippen molar-refractivity contribution < 1.29 is 4.39 Å². The molecule has 0 radical (unpaired) electrons. The third kappa shape index (κ3) is 4.44. The van der Waals surface area contributed by atoms with Crippen LogP contribution in [0.1, 0.15) is 68.2 Å². The van der Waals surface area contributed by atoms with E-state index < -0.39 is 5.82 Å². The molecule has 5 nitrogen and oxygen atoms in total. The van der Waals surface area contributed by atoms with Gasteiger partial charge >= 0.3 is 0 Å². The van der Waals surface area contributed by atoms with Crippen molar-refractivity contribution in [2.24, 2.45) is 0 Å². The van der Waals surface area contributed by atoms with Crippen LogP contribution >= 0.6 is 11.6 Å². The fraction of sp³-hybridized carbons (Fsp3) is 0.429. The zero-order valence-corrected chi connectivity index (χ0v) is 21.0. The molecule has 1 saturated carbocycles. The van der Waals surface area contributed by atoms with Crippen LogP contribution in [-0.2, 0) is 0 Å². The van der Waals surface area contributed by atoms with Crippen molar-refractivity contribution in [2.75, 3.05) is 25.0 Å². The largest absolute Gasteiger partial charge is 0.378 e. The van der Waals surface area contributed by atoms with Gasteiger partial charge in [0.05, 0.1) is 22.5 Å². The second kappa shape index (κ2) is 9.49. The summed E-state index contributed by atoms with van der Waals surface area (Å²) in [4.78, 5) is 2.67. The lowest BCUT2D eigenvalue weighted by Crippen LogP contribution is -2.37. The molecule has 0 aromatic heterocycles.